The summed E-state index contributed by atoms with van der Waals surface area (Å²) in [7, 11) is 0. The Hall–Kier alpha value is -2.93. The van der Waals surface area contributed by atoms with Crippen LogP contribution < -0.4 is 0 Å². The lowest BCUT2D eigenvalue weighted by molar-refractivity contribution is -0.0696. The van der Waals surface area contributed by atoms with Crippen molar-refractivity contribution in [3.8, 4) is 23.7 Å². The molecule has 0 nitrogen and oxygen atoms in total. The van der Waals surface area contributed by atoms with Gasteiger partial charge in [0.2, 0.25) is 0 Å². The van der Waals surface area contributed by atoms with Crippen LogP contribution in [-0.2, 0) is 6.42 Å². The molecule has 0 aliphatic rings. The molecule has 134 valence electrons. The van der Waals surface area contributed by atoms with Crippen LogP contribution in [0.3, 0.4) is 0 Å². The zero-order valence-electron chi connectivity index (χ0n) is 13.2. The molecule has 2 aromatic carbocycles. The fourth-order valence-corrected chi connectivity index (χ4v) is 1.98. The largest absolute Gasteiger partial charge is 0.458 e. The van der Waals surface area contributed by atoms with E-state index >= 15 is 0 Å². The van der Waals surface area contributed by atoms with Gasteiger partial charge in [-0.2, -0.15) is 13.2 Å². The first kappa shape index (κ1) is 19.4. The highest BCUT2D eigenvalue weighted by Crippen LogP contribution is 2.18. The zero-order chi connectivity index (χ0) is 19.5. The van der Waals surface area contributed by atoms with Gasteiger partial charge in [-0.1, -0.05) is 24.7 Å². The summed E-state index contributed by atoms with van der Waals surface area (Å²) in [5.41, 5.74) is -1.55. The van der Waals surface area contributed by atoms with Crippen molar-refractivity contribution >= 4 is 0 Å². The van der Waals surface area contributed by atoms with Gasteiger partial charge in [0.05, 0.1) is 11.1 Å². The lowest BCUT2D eigenvalue weighted by Crippen LogP contribution is -2.02. The molecule has 2 rings (SSSR count). The molecule has 0 aliphatic carbocycles. The quantitative estimate of drug-likeness (QED) is 0.483. The van der Waals surface area contributed by atoms with E-state index in [0.29, 0.717) is 24.1 Å². The van der Waals surface area contributed by atoms with E-state index in [0.717, 1.165) is 18.1 Å². The molecule has 0 saturated heterocycles. The molecule has 2 aromatic rings. The lowest BCUT2D eigenvalue weighted by Gasteiger charge is -2.02. The van der Waals surface area contributed by atoms with Crippen molar-refractivity contribution in [3.63, 3.8) is 0 Å². The summed E-state index contributed by atoms with van der Waals surface area (Å²) >= 11 is 0. The number of hydrogen-bond acceptors (Lipinski definition) is 0. The number of halogens is 7. The van der Waals surface area contributed by atoms with Gasteiger partial charge in [0.15, 0.2) is 0 Å². The zero-order valence-corrected chi connectivity index (χ0v) is 13.2. The van der Waals surface area contributed by atoms with Crippen LogP contribution in [0, 0.1) is 47.0 Å². The summed E-state index contributed by atoms with van der Waals surface area (Å²) in [6.45, 7) is 1.70. The summed E-state index contributed by atoms with van der Waals surface area (Å²) in [5.74, 6) is 1.84. The Balaban J connectivity index is 2.42. The van der Waals surface area contributed by atoms with Crippen LogP contribution in [-0.4, -0.2) is 6.18 Å². The molecule has 0 spiro atoms. The highest BCUT2D eigenvalue weighted by molar-refractivity contribution is 5.48. The van der Waals surface area contributed by atoms with Crippen LogP contribution in [0.2, 0.25) is 0 Å². The van der Waals surface area contributed by atoms with E-state index in [9.17, 15) is 30.7 Å². The fraction of sp³-hybridized carbons (Fsp3) is 0.158. The molecule has 0 aromatic heterocycles. The number of rotatable bonds is 1. The van der Waals surface area contributed by atoms with Gasteiger partial charge < -0.3 is 0 Å². The van der Waals surface area contributed by atoms with Crippen molar-refractivity contribution in [2.45, 2.75) is 19.5 Å². The number of alkyl halides is 3. The molecule has 0 aliphatic heterocycles. The Morgan fingerprint density at radius 2 is 1.19 bits per heavy atom. The van der Waals surface area contributed by atoms with Crippen molar-refractivity contribution < 1.29 is 30.7 Å². The Morgan fingerprint density at radius 3 is 1.65 bits per heavy atom. The second-order valence-corrected chi connectivity index (χ2v) is 5.10. The highest BCUT2D eigenvalue weighted by Gasteiger charge is 2.23. The molecule has 0 bridgehead atoms. The third-order valence-corrected chi connectivity index (χ3v) is 3.21. The minimum atomic E-state index is -4.91. The lowest BCUT2D eigenvalue weighted by atomic mass is 10.1. The van der Waals surface area contributed by atoms with Crippen LogP contribution in [0.5, 0.6) is 0 Å². The van der Waals surface area contributed by atoms with Gasteiger partial charge in [0.1, 0.15) is 23.3 Å². The standard InChI is InChI=1S/C19H9F7/c1-2-11-7-15(20)13(16(21)8-11)4-3-12-9-17(22)14(18(23)10-12)5-6-19(24,25)26/h7-10H,2H2,1H3. The fourth-order valence-electron chi connectivity index (χ4n) is 1.98. The minimum Gasteiger partial charge on any atom is -0.206 e. The first-order valence-corrected chi connectivity index (χ1v) is 7.19. The third-order valence-electron chi connectivity index (χ3n) is 3.21. The molecule has 0 amide bonds. The second kappa shape index (κ2) is 7.53. The van der Waals surface area contributed by atoms with Gasteiger partial charge in [-0.25, -0.2) is 17.6 Å². The smallest absolute Gasteiger partial charge is 0.206 e. The van der Waals surface area contributed by atoms with Gasteiger partial charge in [-0.3, -0.25) is 0 Å². The van der Waals surface area contributed by atoms with Crippen LogP contribution in [0.1, 0.15) is 29.2 Å². The SMILES string of the molecule is CCc1cc(F)c(C#Cc2cc(F)c(C#CC(F)(F)F)c(F)c2)c(F)c1. The molecular weight excluding hydrogens is 361 g/mol. The van der Waals surface area contributed by atoms with E-state index in [1.807, 2.05) is 0 Å². The van der Waals surface area contributed by atoms with Crippen molar-refractivity contribution in [1.29, 1.82) is 0 Å². The molecule has 7 heteroatoms. The normalized spacial score (nSPS) is 10.6. The Bertz CT molecular complexity index is 917. The molecule has 0 heterocycles. The predicted molar refractivity (Wildman–Crippen MR) is 81.0 cm³/mol. The minimum absolute atomic E-state index is 0.309. The van der Waals surface area contributed by atoms with Crippen LogP contribution in [0.25, 0.3) is 0 Å². The number of benzene rings is 2. The summed E-state index contributed by atoms with van der Waals surface area (Å²) in [6.07, 6.45) is -4.50. The van der Waals surface area contributed by atoms with Crippen molar-refractivity contribution in [2.24, 2.45) is 0 Å². The molecular formula is C19H9F7. The average Bonchev–Trinajstić information content (AvgIpc) is 2.52. The van der Waals surface area contributed by atoms with Crippen LogP contribution in [0.15, 0.2) is 24.3 Å². The van der Waals surface area contributed by atoms with Crippen molar-refractivity contribution in [2.75, 3.05) is 0 Å². The van der Waals surface area contributed by atoms with E-state index in [4.69, 9.17) is 0 Å². The Morgan fingerprint density at radius 1 is 0.731 bits per heavy atom. The summed E-state index contributed by atoms with van der Waals surface area (Å²) in [4.78, 5) is 0. The van der Waals surface area contributed by atoms with E-state index in [1.165, 1.54) is 5.92 Å². The van der Waals surface area contributed by atoms with E-state index < -0.39 is 40.6 Å². The molecule has 0 saturated carbocycles. The molecule has 0 radical (unpaired) electrons. The van der Waals surface area contributed by atoms with Gasteiger partial charge in [0, 0.05) is 11.5 Å². The molecule has 0 N–H and O–H groups in total. The highest BCUT2D eigenvalue weighted by atomic mass is 19.4. The molecule has 0 unspecified atom stereocenters. The van der Waals surface area contributed by atoms with Crippen LogP contribution >= 0.6 is 0 Å². The van der Waals surface area contributed by atoms with Gasteiger partial charge in [-0.05, 0) is 36.2 Å². The summed E-state index contributed by atoms with van der Waals surface area (Å²) in [6, 6.07) is 3.44. The van der Waals surface area contributed by atoms with Crippen molar-refractivity contribution in [1.82, 2.24) is 0 Å². The molecule has 0 fully saturated rings. The van der Waals surface area contributed by atoms with Gasteiger partial charge in [0.25, 0.3) is 0 Å². The molecule has 26 heavy (non-hydrogen) atoms. The number of aryl methyl sites for hydroxylation is 1. The topological polar surface area (TPSA) is 0 Å². The van der Waals surface area contributed by atoms with Crippen molar-refractivity contribution in [3.05, 3.63) is 69.8 Å². The van der Waals surface area contributed by atoms with E-state index in [2.05, 4.69) is 11.8 Å². The van der Waals surface area contributed by atoms with E-state index in [1.54, 1.807) is 6.92 Å². The maximum absolute atomic E-state index is 13.8. The van der Waals surface area contributed by atoms with E-state index in [-0.39, 0.29) is 5.56 Å². The summed E-state index contributed by atoms with van der Waals surface area (Å²) < 4.78 is 91.2. The predicted octanol–water partition coefficient (Wildman–Crippen LogP) is 5.12. The first-order chi connectivity index (χ1) is 12.1. The number of hydrogen-bond donors (Lipinski definition) is 0. The third kappa shape index (κ3) is 4.80. The maximum atomic E-state index is 13.8. The summed E-state index contributed by atoms with van der Waals surface area (Å²) in [5, 5.41) is 0. The van der Waals surface area contributed by atoms with Crippen LogP contribution in [0.4, 0.5) is 30.7 Å². The monoisotopic (exact) mass is 370 g/mol. The van der Waals surface area contributed by atoms with Gasteiger partial charge in [-0.15, -0.1) is 0 Å². The Kier molecular flexibility index (Phi) is 5.62. The maximum Gasteiger partial charge on any atom is 0.458 e. The van der Waals surface area contributed by atoms with Gasteiger partial charge >= 0.3 is 6.18 Å². The average molecular weight is 370 g/mol. The first-order valence-electron chi connectivity index (χ1n) is 7.19. The molecule has 0 atom stereocenters. The second-order valence-electron chi connectivity index (χ2n) is 5.10. The Labute approximate surface area is 144 Å².